The molecule has 0 aliphatic carbocycles. The number of nitrogens with two attached hydrogens (primary N) is 1. The molecule has 1 unspecified atom stereocenters. The van der Waals surface area contributed by atoms with E-state index in [9.17, 15) is 4.79 Å². The second-order valence-electron chi connectivity index (χ2n) is 4.12. The van der Waals surface area contributed by atoms with E-state index in [1.165, 1.54) is 6.20 Å². The molecule has 1 fully saturated rings. The molecule has 0 saturated carbocycles. The number of amides is 1. The fourth-order valence-electron chi connectivity index (χ4n) is 2.07. The zero-order chi connectivity index (χ0) is 11.5. The number of likely N-dealkylation sites (tertiary alicyclic amines) is 1. The first-order valence-corrected chi connectivity index (χ1v) is 5.41. The SMILES string of the molecule is Nc1[nH]ncc1C(=O)N1CCC(CCO)C1. The molecule has 6 nitrogen and oxygen atoms in total. The van der Waals surface area contributed by atoms with Crippen LogP contribution >= 0.6 is 0 Å². The van der Waals surface area contributed by atoms with Gasteiger partial charge in [0.15, 0.2) is 0 Å². The van der Waals surface area contributed by atoms with Crippen molar-refractivity contribution in [3.63, 3.8) is 0 Å². The van der Waals surface area contributed by atoms with E-state index < -0.39 is 0 Å². The molecule has 1 amide bonds. The van der Waals surface area contributed by atoms with Gasteiger partial charge >= 0.3 is 0 Å². The number of carbonyl (C=O) groups is 1. The Hall–Kier alpha value is -1.56. The number of rotatable bonds is 3. The number of aromatic nitrogens is 2. The molecule has 4 N–H and O–H groups in total. The van der Waals surface area contributed by atoms with Gasteiger partial charge in [0, 0.05) is 19.7 Å². The largest absolute Gasteiger partial charge is 0.396 e. The number of aliphatic hydroxyl groups excluding tert-OH is 1. The fraction of sp³-hybridized carbons (Fsp3) is 0.600. The molecule has 0 radical (unpaired) electrons. The second kappa shape index (κ2) is 4.52. The highest BCUT2D eigenvalue weighted by Crippen LogP contribution is 2.22. The lowest BCUT2D eigenvalue weighted by atomic mass is 10.1. The van der Waals surface area contributed by atoms with E-state index in [1.54, 1.807) is 4.90 Å². The molecule has 1 aliphatic heterocycles. The van der Waals surface area contributed by atoms with Crippen molar-refractivity contribution in [2.75, 3.05) is 25.4 Å². The molecular weight excluding hydrogens is 208 g/mol. The van der Waals surface area contributed by atoms with E-state index >= 15 is 0 Å². The molecule has 1 atom stereocenters. The maximum Gasteiger partial charge on any atom is 0.259 e. The summed E-state index contributed by atoms with van der Waals surface area (Å²) in [6, 6.07) is 0. The van der Waals surface area contributed by atoms with Crippen molar-refractivity contribution in [3.8, 4) is 0 Å². The number of nitrogen functional groups attached to an aromatic ring is 1. The monoisotopic (exact) mass is 224 g/mol. The van der Waals surface area contributed by atoms with Gasteiger partial charge in [0.1, 0.15) is 11.4 Å². The highest BCUT2D eigenvalue weighted by atomic mass is 16.3. The van der Waals surface area contributed by atoms with E-state index in [4.69, 9.17) is 10.8 Å². The van der Waals surface area contributed by atoms with Gasteiger partial charge in [0.25, 0.3) is 5.91 Å². The molecule has 0 spiro atoms. The Morgan fingerprint density at radius 3 is 3.19 bits per heavy atom. The van der Waals surface area contributed by atoms with Gasteiger partial charge in [-0.1, -0.05) is 0 Å². The molecule has 2 heterocycles. The molecule has 2 rings (SSSR count). The molecule has 0 aromatic carbocycles. The lowest BCUT2D eigenvalue weighted by Gasteiger charge is -2.15. The molecule has 16 heavy (non-hydrogen) atoms. The minimum absolute atomic E-state index is 0.0771. The van der Waals surface area contributed by atoms with Gasteiger partial charge < -0.3 is 15.7 Å². The predicted octanol–water partition coefficient (Wildman–Crippen LogP) is -0.164. The summed E-state index contributed by atoms with van der Waals surface area (Å²) in [7, 11) is 0. The van der Waals surface area contributed by atoms with Crippen molar-refractivity contribution >= 4 is 11.7 Å². The van der Waals surface area contributed by atoms with Crippen LogP contribution in [0.25, 0.3) is 0 Å². The first-order valence-electron chi connectivity index (χ1n) is 5.41. The first kappa shape index (κ1) is 10.9. The Balaban J connectivity index is 2.00. The molecule has 1 aliphatic rings. The first-order chi connectivity index (χ1) is 7.72. The van der Waals surface area contributed by atoms with Crippen LogP contribution in [0, 0.1) is 5.92 Å². The lowest BCUT2D eigenvalue weighted by molar-refractivity contribution is 0.0786. The summed E-state index contributed by atoms with van der Waals surface area (Å²) in [5, 5.41) is 15.1. The van der Waals surface area contributed by atoms with Gasteiger partial charge in [0.2, 0.25) is 0 Å². The molecular formula is C10H16N4O2. The number of aliphatic hydroxyl groups is 1. The lowest BCUT2D eigenvalue weighted by Crippen LogP contribution is -2.29. The zero-order valence-corrected chi connectivity index (χ0v) is 9.02. The summed E-state index contributed by atoms with van der Waals surface area (Å²) < 4.78 is 0. The van der Waals surface area contributed by atoms with Gasteiger partial charge in [0.05, 0.1) is 6.20 Å². The number of hydrogen-bond donors (Lipinski definition) is 3. The Bertz CT molecular complexity index is 377. The molecule has 1 aromatic rings. The van der Waals surface area contributed by atoms with Crippen LogP contribution in [0.1, 0.15) is 23.2 Å². The third-order valence-electron chi connectivity index (χ3n) is 3.01. The maximum atomic E-state index is 12.0. The van der Waals surface area contributed by atoms with Crippen molar-refractivity contribution < 1.29 is 9.90 Å². The zero-order valence-electron chi connectivity index (χ0n) is 9.02. The minimum Gasteiger partial charge on any atom is -0.396 e. The van der Waals surface area contributed by atoms with Crippen LogP contribution in [-0.2, 0) is 0 Å². The van der Waals surface area contributed by atoms with Gasteiger partial charge in [-0.05, 0) is 18.8 Å². The number of nitrogens with one attached hydrogen (secondary N) is 1. The van der Waals surface area contributed by atoms with Crippen LogP contribution < -0.4 is 5.73 Å². The third-order valence-corrected chi connectivity index (χ3v) is 3.01. The Morgan fingerprint density at radius 2 is 2.56 bits per heavy atom. The fourth-order valence-corrected chi connectivity index (χ4v) is 2.07. The highest BCUT2D eigenvalue weighted by molar-refractivity contribution is 5.98. The molecule has 1 aromatic heterocycles. The maximum absolute atomic E-state index is 12.0. The number of hydrogen-bond acceptors (Lipinski definition) is 4. The number of aromatic amines is 1. The topological polar surface area (TPSA) is 95.2 Å². The Labute approximate surface area is 93.4 Å². The van der Waals surface area contributed by atoms with Gasteiger partial charge in [-0.3, -0.25) is 9.89 Å². The summed E-state index contributed by atoms with van der Waals surface area (Å²) in [5.74, 6) is 0.643. The Morgan fingerprint density at radius 1 is 1.75 bits per heavy atom. The summed E-state index contributed by atoms with van der Waals surface area (Å²) in [4.78, 5) is 13.8. The smallest absolute Gasteiger partial charge is 0.259 e. The van der Waals surface area contributed by atoms with Crippen LogP contribution in [0.4, 0.5) is 5.82 Å². The van der Waals surface area contributed by atoms with E-state index in [0.717, 1.165) is 19.4 Å². The van der Waals surface area contributed by atoms with Crippen LogP contribution in [0.2, 0.25) is 0 Å². The number of carbonyl (C=O) groups excluding carboxylic acids is 1. The van der Waals surface area contributed by atoms with Crippen molar-refractivity contribution in [1.29, 1.82) is 0 Å². The average Bonchev–Trinajstić information content (AvgIpc) is 2.87. The van der Waals surface area contributed by atoms with Crippen LogP contribution in [0.5, 0.6) is 0 Å². The molecule has 88 valence electrons. The van der Waals surface area contributed by atoms with Crippen LogP contribution in [-0.4, -0.2) is 45.8 Å². The number of anilines is 1. The van der Waals surface area contributed by atoms with Crippen molar-refractivity contribution in [3.05, 3.63) is 11.8 Å². The number of H-pyrrole nitrogens is 1. The summed E-state index contributed by atoms with van der Waals surface area (Å²) in [5.41, 5.74) is 6.03. The standard InChI is InChI=1S/C10H16N4O2/c11-9-8(5-12-13-9)10(16)14-3-1-7(6-14)2-4-15/h5,7,15H,1-4,6H2,(H3,11,12,13). The van der Waals surface area contributed by atoms with E-state index in [1.807, 2.05) is 0 Å². The van der Waals surface area contributed by atoms with Crippen molar-refractivity contribution in [2.45, 2.75) is 12.8 Å². The van der Waals surface area contributed by atoms with E-state index in [0.29, 0.717) is 23.8 Å². The normalized spacial score (nSPS) is 20.3. The number of nitrogens with zero attached hydrogens (tertiary/aromatic N) is 2. The van der Waals surface area contributed by atoms with Gasteiger partial charge in [-0.25, -0.2) is 0 Å². The van der Waals surface area contributed by atoms with E-state index in [2.05, 4.69) is 10.2 Å². The molecule has 0 bridgehead atoms. The summed E-state index contributed by atoms with van der Waals surface area (Å²) in [6.45, 7) is 1.61. The quantitative estimate of drug-likeness (QED) is 0.664. The van der Waals surface area contributed by atoms with Crippen LogP contribution in [0.3, 0.4) is 0 Å². The van der Waals surface area contributed by atoms with Gasteiger partial charge in [-0.15, -0.1) is 0 Å². The van der Waals surface area contributed by atoms with E-state index in [-0.39, 0.29) is 12.5 Å². The molecule has 6 heteroatoms. The van der Waals surface area contributed by atoms with Crippen LogP contribution in [0.15, 0.2) is 6.20 Å². The summed E-state index contributed by atoms with van der Waals surface area (Å²) >= 11 is 0. The van der Waals surface area contributed by atoms with Crippen molar-refractivity contribution in [2.24, 2.45) is 5.92 Å². The summed E-state index contributed by atoms with van der Waals surface area (Å²) in [6.07, 6.45) is 3.16. The second-order valence-corrected chi connectivity index (χ2v) is 4.12. The van der Waals surface area contributed by atoms with Gasteiger partial charge in [-0.2, -0.15) is 5.10 Å². The highest BCUT2D eigenvalue weighted by Gasteiger charge is 2.27. The van der Waals surface area contributed by atoms with Crippen molar-refractivity contribution in [1.82, 2.24) is 15.1 Å². The molecule has 1 saturated heterocycles. The minimum atomic E-state index is -0.0771. The average molecular weight is 224 g/mol. The predicted molar refractivity (Wildman–Crippen MR) is 58.7 cm³/mol. The third kappa shape index (κ3) is 2.01. The Kier molecular flexibility index (Phi) is 3.09.